The largest absolute Gasteiger partial charge is 0.342 e. The molecule has 1 N–H and O–H groups in total. The Hall–Kier alpha value is -2.21. The summed E-state index contributed by atoms with van der Waals surface area (Å²) >= 11 is 0. The van der Waals surface area contributed by atoms with Gasteiger partial charge >= 0.3 is 0 Å². The zero-order valence-corrected chi connectivity index (χ0v) is 16.3. The first-order valence-corrected chi connectivity index (χ1v) is 9.83. The minimum Gasteiger partial charge on any atom is -0.342 e. The number of carbonyl (C=O) groups excluding carboxylic acids is 3. The summed E-state index contributed by atoms with van der Waals surface area (Å²) in [5.74, 6) is 0.292. The molecule has 1 aromatic rings. The van der Waals surface area contributed by atoms with E-state index in [4.69, 9.17) is 0 Å². The molecule has 1 heterocycles. The summed E-state index contributed by atoms with van der Waals surface area (Å²) in [6.07, 6.45) is 3.51. The van der Waals surface area contributed by atoms with Gasteiger partial charge in [-0.1, -0.05) is 18.2 Å². The number of benzene rings is 1. The maximum atomic E-state index is 12.6. The summed E-state index contributed by atoms with van der Waals surface area (Å²) in [6, 6.07) is 6.37. The number of carbonyl (C=O) groups is 3. The molecule has 0 unspecified atom stereocenters. The van der Waals surface area contributed by atoms with Crippen molar-refractivity contribution in [3.63, 3.8) is 0 Å². The van der Waals surface area contributed by atoms with E-state index >= 15 is 0 Å². The number of para-hydroxylation sites is 1. The molecule has 0 radical (unpaired) electrons. The van der Waals surface area contributed by atoms with Crippen molar-refractivity contribution in [3.8, 4) is 0 Å². The predicted octanol–water partition coefficient (Wildman–Crippen LogP) is 2.29. The summed E-state index contributed by atoms with van der Waals surface area (Å²) < 4.78 is 0. The highest BCUT2D eigenvalue weighted by Gasteiger charge is 2.31. The van der Waals surface area contributed by atoms with Crippen molar-refractivity contribution in [2.75, 3.05) is 31.5 Å². The molecule has 1 aromatic carbocycles. The Kier molecular flexibility index (Phi) is 6.26. The van der Waals surface area contributed by atoms with E-state index in [0.717, 1.165) is 29.7 Å². The molecule has 0 atom stereocenters. The Bertz CT molecular complexity index is 697. The summed E-state index contributed by atoms with van der Waals surface area (Å²) in [5, 5.41) is 3.03. The maximum absolute atomic E-state index is 12.6. The van der Waals surface area contributed by atoms with Gasteiger partial charge in [-0.25, -0.2) is 0 Å². The molecule has 1 saturated heterocycles. The lowest BCUT2D eigenvalue weighted by Crippen LogP contribution is -2.41. The molecular weight excluding hydrogens is 342 g/mol. The van der Waals surface area contributed by atoms with Gasteiger partial charge in [-0.15, -0.1) is 0 Å². The molecule has 2 fully saturated rings. The lowest BCUT2D eigenvalue weighted by Gasteiger charge is -2.28. The van der Waals surface area contributed by atoms with Crippen molar-refractivity contribution in [2.24, 2.45) is 0 Å². The Morgan fingerprint density at radius 3 is 2.37 bits per heavy atom. The molecule has 0 aromatic heterocycles. The third kappa shape index (κ3) is 5.39. The van der Waals surface area contributed by atoms with Gasteiger partial charge in [-0.05, 0) is 37.8 Å². The number of Topliss-reactive ketones (excluding diaryl/α,β-unsaturated/α-hetero) is 1. The fourth-order valence-corrected chi connectivity index (χ4v) is 3.61. The molecule has 1 aliphatic heterocycles. The van der Waals surface area contributed by atoms with Gasteiger partial charge in [0.05, 0.1) is 6.54 Å². The lowest BCUT2D eigenvalue weighted by molar-refractivity contribution is -0.135. The van der Waals surface area contributed by atoms with Crippen LogP contribution in [0.25, 0.3) is 0 Å². The van der Waals surface area contributed by atoms with Crippen LogP contribution in [0.15, 0.2) is 18.2 Å². The Labute approximate surface area is 160 Å². The number of nitrogens with one attached hydrogen (secondary N) is 1. The normalized spacial score (nSPS) is 17.3. The number of piperidine rings is 1. The van der Waals surface area contributed by atoms with Crippen molar-refractivity contribution in [3.05, 3.63) is 29.3 Å². The van der Waals surface area contributed by atoms with E-state index in [1.807, 2.05) is 32.0 Å². The first-order chi connectivity index (χ1) is 12.9. The highest BCUT2D eigenvalue weighted by Crippen LogP contribution is 2.27. The number of hydrogen-bond acceptors (Lipinski definition) is 4. The summed E-state index contributed by atoms with van der Waals surface area (Å²) in [6.45, 7) is 5.95. The Morgan fingerprint density at radius 1 is 1.15 bits per heavy atom. The minimum atomic E-state index is -0.0321. The van der Waals surface area contributed by atoms with E-state index in [9.17, 15) is 14.4 Å². The summed E-state index contributed by atoms with van der Waals surface area (Å²) in [7, 11) is 0. The molecule has 6 heteroatoms. The molecule has 1 saturated carbocycles. The van der Waals surface area contributed by atoms with Crippen LogP contribution >= 0.6 is 0 Å². The molecule has 2 aliphatic rings. The molecule has 0 bridgehead atoms. The summed E-state index contributed by atoms with van der Waals surface area (Å²) in [5.41, 5.74) is 2.99. The molecule has 3 rings (SSSR count). The number of hydrogen-bond donors (Lipinski definition) is 1. The molecule has 6 nitrogen and oxygen atoms in total. The van der Waals surface area contributed by atoms with Gasteiger partial charge in [0.15, 0.2) is 0 Å². The van der Waals surface area contributed by atoms with Gasteiger partial charge < -0.3 is 10.2 Å². The monoisotopic (exact) mass is 371 g/mol. The topological polar surface area (TPSA) is 69.7 Å². The quantitative estimate of drug-likeness (QED) is 0.798. The van der Waals surface area contributed by atoms with Crippen LogP contribution in [0.1, 0.15) is 43.2 Å². The number of nitrogens with zero attached hydrogens (tertiary/aromatic N) is 2. The van der Waals surface area contributed by atoms with Crippen LogP contribution in [0.5, 0.6) is 0 Å². The van der Waals surface area contributed by atoms with E-state index in [-0.39, 0.29) is 17.6 Å². The lowest BCUT2D eigenvalue weighted by atomic mass is 10.1. The number of rotatable bonds is 7. The minimum absolute atomic E-state index is 0.0321. The number of likely N-dealkylation sites (tertiary alicyclic amines) is 1. The molecule has 1 aliphatic carbocycles. The molecule has 27 heavy (non-hydrogen) atoms. The Balaban J connectivity index is 1.51. The van der Waals surface area contributed by atoms with Gasteiger partial charge in [0.2, 0.25) is 11.8 Å². The van der Waals surface area contributed by atoms with Crippen LogP contribution in [0, 0.1) is 13.8 Å². The van der Waals surface area contributed by atoms with Gasteiger partial charge in [-0.2, -0.15) is 0 Å². The van der Waals surface area contributed by atoms with E-state index in [2.05, 4.69) is 10.2 Å². The van der Waals surface area contributed by atoms with Crippen LogP contribution in [0.3, 0.4) is 0 Å². The smallest absolute Gasteiger partial charge is 0.238 e. The fraction of sp³-hybridized carbons (Fsp3) is 0.571. The first-order valence-electron chi connectivity index (χ1n) is 9.83. The maximum Gasteiger partial charge on any atom is 0.238 e. The molecular formula is C21H29N3O3. The van der Waals surface area contributed by atoms with Crippen LogP contribution in [0.4, 0.5) is 5.69 Å². The van der Waals surface area contributed by atoms with E-state index in [1.54, 1.807) is 4.90 Å². The van der Waals surface area contributed by atoms with Crippen molar-refractivity contribution in [1.29, 1.82) is 0 Å². The van der Waals surface area contributed by atoms with Crippen molar-refractivity contribution < 1.29 is 14.4 Å². The predicted molar refractivity (Wildman–Crippen MR) is 105 cm³/mol. The highest BCUT2D eigenvalue weighted by atomic mass is 16.2. The average Bonchev–Trinajstić information content (AvgIpc) is 3.47. The van der Waals surface area contributed by atoms with E-state index in [0.29, 0.717) is 51.5 Å². The van der Waals surface area contributed by atoms with Crippen molar-refractivity contribution in [1.82, 2.24) is 9.80 Å². The highest BCUT2D eigenvalue weighted by molar-refractivity contribution is 5.93. The van der Waals surface area contributed by atoms with Gasteiger partial charge in [-0.3, -0.25) is 19.3 Å². The van der Waals surface area contributed by atoms with E-state index < -0.39 is 0 Å². The van der Waals surface area contributed by atoms with Crippen LogP contribution in [-0.2, 0) is 14.4 Å². The van der Waals surface area contributed by atoms with Crippen molar-refractivity contribution >= 4 is 23.3 Å². The third-order valence-corrected chi connectivity index (χ3v) is 5.44. The SMILES string of the molecule is Cc1cccc(C)c1NC(=O)CN(CCC(=O)N1CCC(=O)CC1)C1CC1. The average molecular weight is 371 g/mol. The van der Waals surface area contributed by atoms with Crippen LogP contribution in [0.2, 0.25) is 0 Å². The molecule has 2 amide bonds. The zero-order valence-electron chi connectivity index (χ0n) is 16.3. The number of ketones is 1. The second-order valence-electron chi connectivity index (χ2n) is 7.69. The number of aryl methyl sites for hydroxylation is 2. The standard InChI is InChI=1S/C21H29N3O3/c1-15-4-3-5-16(2)21(15)22-19(26)14-24(17-6-7-17)13-10-20(27)23-11-8-18(25)9-12-23/h3-5,17H,6-14H2,1-2H3,(H,22,26). The fourth-order valence-electron chi connectivity index (χ4n) is 3.61. The third-order valence-electron chi connectivity index (χ3n) is 5.44. The second-order valence-corrected chi connectivity index (χ2v) is 7.69. The second kappa shape index (κ2) is 8.65. The number of anilines is 1. The zero-order chi connectivity index (χ0) is 19.4. The first kappa shape index (κ1) is 19.5. The van der Waals surface area contributed by atoms with Crippen LogP contribution < -0.4 is 5.32 Å². The molecule has 0 spiro atoms. The van der Waals surface area contributed by atoms with Gasteiger partial charge in [0, 0.05) is 50.6 Å². The Morgan fingerprint density at radius 2 is 1.78 bits per heavy atom. The van der Waals surface area contributed by atoms with Crippen molar-refractivity contribution in [2.45, 2.75) is 52.0 Å². The van der Waals surface area contributed by atoms with E-state index in [1.165, 1.54) is 0 Å². The van der Waals surface area contributed by atoms with Gasteiger partial charge in [0.25, 0.3) is 0 Å². The summed E-state index contributed by atoms with van der Waals surface area (Å²) in [4.78, 5) is 40.2. The number of amides is 2. The molecule has 146 valence electrons. The van der Waals surface area contributed by atoms with Crippen LogP contribution in [-0.4, -0.2) is 59.6 Å². The van der Waals surface area contributed by atoms with Gasteiger partial charge in [0.1, 0.15) is 5.78 Å².